The van der Waals surface area contributed by atoms with Gasteiger partial charge in [-0.1, -0.05) is 0 Å². The smallest absolute Gasteiger partial charge is 0.417 e. The lowest BCUT2D eigenvalue weighted by Crippen LogP contribution is -2.70. The van der Waals surface area contributed by atoms with E-state index in [0.29, 0.717) is 6.07 Å². The number of quaternary nitrogens is 1. The fourth-order valence-electron chi connectivity index (χ4n) is 0.902. The molecule has 0 saturated heterocycles. The topological polar surface area (TPSA) is 39.7 Å². The lowest BCUT2D eigenvalue weighted by Gasteiger charge is -2.12. The predicted octanol–water partition coefficient (Wildman–Crippen LogP) is 2.30. The Morgan fingerprint density at radius 1 is 1.29 bits per heavy atom. The molecule has 14 heavy (non-hydrogen) atoms. The van der Waals surface area contributed by atoms with Gasteiger partial charge in [-0.3, -0.25) is 0 Å². The molecule has 78 valence electrons. The van der Waals surface area contributed by atoms with Crippen LogP contribution < -0.4 is 5.48 Å². The molecule has 0 radical (unpaired) electrons. The molecule has 0 heterocycles. The highest BCUT2D eigenvalue weighted by atomic mass is 79.9. The van der Waals surface area contributed by atoms with Crippen LogP contribution in [0.3, 0.4) is 0 Å². The number of hydrogen-bond acceptors (Lipinski definition) is 1. The quantitative estimate of drug-likeness (QED) is 0.476. The maximum absolute atomic E-state index is 12.6. The van der Waals surface area contributed by atoms with Crippen LogP contribution in [-0.2, 0) is 6.18 Å². The van der Waals surface area contributed by atoms with Crippen molar-refractivity contribution in [3.63, 3.8) is 0 Å². The Morgan fingerprint density at radius 3 is 2.29 bits per heavy atom. The molecule has 0 saturated carbocycles. The van der Waals surface area contributed by atoms with Crippen molar-refractivity contribution in [1.29, 1.82) is 0 Å². The number of benzene rings is 1. The normalized spacial score (nSPS) is 11.9. The van der Waals surface area contributed by atoms with Crippen LogP contribution in [0.1, 0.15) is 5.56 Å². The Hall–Kier alpha value is -0.660. The number of hydrogen-bond donors (Lipinski definition) is 1. The third-order valence-electron chi connectivity index (χ3n) is 1.50. The maximum atomic E-state index is 12.6. The first kappa shape index (κ1) is 11.4. The molecule has 1 aromatic rings. The predicted molar refractivity (Wildman–Crippen MR) is 44.1 cm³/mol. The molecule has 0 atom stereocenters. The number of alkyl halides is 3. The summed E-state index contributed by atoms with van der Waals surface area (Å²) in [5.74, 6) is -1.09. The van der Waals surface area contributed by atoms with E-state index in [4.69, 9.17) is 0 Å². The zero-order valence-corrected chi connectivity index (χ0v) is 8.12. The lowest BCUT2D eigenvalue weighted by atomic mass is 10.2. The molecule has 0 unspecified atom stereocenters. The van der Waals surface area contributed by atoms with Gasteiger partial charge < -0.3 is 10.7 Å². The van der Waals surface area contributed by atoms with Crippen molar-refractivity contribution in [3.8, 4) is 0 Å². The average Bonchev–Trinajstić information content (AvgIpc) is 2.06. The monoisotopic (exact) mass is 273 g/mol. The highest BCUT2D eigenvalue weighted by molar-refractivity contribution is 9.10. The van der Waals surface area contributed by atoms with E-state index in [0.717, 1.165) is 6.07 Å². The Labute approximate surface area is 84.6 Å². The SMILES string of the molecule is [O-][NH2+]c1cc(F)cc(C(F)(F)F)c1Br. The Balaban J connectivity index is 3.37. The van der Waals surface area contributed by atoms with E-state index < -0.39 is 22.0 Å². The van der Waals surface area contributed by atoms with Crippen LogP contribution in [0.5, 0.6) is 0 Å². The summed E-state index contributed by atoms with van der Waals surface area (Å²) in [6.45, 7) is 0. The van der Waals surface area contributed by atoms with Crippen molar-refractivity contribution in [2.45, 2.75) is 6.18 Å². The van der Waals surface area contributed by atoms with Crippen LogP contribution in [-0.4, -0.2) is 0 Å². The van der Waals surface area contributed by atoms with Crippen molar-refractivity contribution in [3.05, 3.63) is 33.2 Å². The molecule has 2 nitrogen and oxygen atoms in total. The van der Waals surface area contributed by atoms with Gasteiger partial charge in [-0.05, 0) is 22.0 Å². The first-order valence-electron chi connectivity index (χ1n) is 3.37. The van der Waals surface area contributed by atoms with Gasteiger partial charge in [0.15, 0.2) is 0 Å². The van der Waals surface area contributed by atoms with Crippen LogP contribution in [0.25, 0.3) is 0 Å². The lowest BCUT2D eigenvalue weighted by molar-refractivity contribution is -0.498. The molecule has 1 rings (SSSR count). The first-order chi connectivity index (χ1) is 6.36. The van der Waals surface area contributed by atoms with Crippen molar-refractivity contribution in [1.82, 2.24) is 0 Å². The van der Waals surface area contributed by atoms with Gasteiger partial charge in [0.2, 0.25) is 0 Å². The number of halogens is 5. The zero-order chi connectivity index (χ0) is 10.9. The molecular weight excluding hydrogens is 270 g/mol. The van der Waals surface area contributed by atoms with E-state index >= 15 is 0 Å². The summed E-state index contributed by atoms with van der Waals surface area (Å²) in [7, 11) is 0. The summed E-state index contributed by atoms with van der Waals surface area (Å²) in [6.07, 6.45) is -4.68. The summed E-state index contributed by atoms with van der Waals surface area (Å²) in [5, 5.41) is 10.3. The van der Waals surface area contributed by atoms with Crippen molar-refractivity contribution < 1.29 is 23.0 Å². The third kappa shape index (κ3) is 2.23. The minimum Gasteiger partial charge on any atom is -0.630 e. The summed E-state index contributed by atoms with van der Waals surface area (Å²) in [6, 6.07) is 1.06. The van der Waals surface area contributed by atoms with E-state index in [1.165, 1.54) is 0 Å². The van der Waals surface area contributed by atoms with Gasteiger partial charge in [-0.15, -0.1) is 0 Å². The van der Waals surface area contributed by atoms with Crippen molar-refractivity contribution >= 4 is 21.6 Å². The van der Waals surface area contributed by atoms with E-state index in [-0.39, 0.29) is 11.2 Å². The largest absolute Gasteiger partial charge is 0.630 e. The molecule has 0 aliphatic rings. The van der Waals surface area contributed by atoms with Gasteiger partial charge >= 0.3 is 6.18 Å². The summed E-state index contributed by atoms with van der Waals surface area (Å²) in [4.78, 5) is 0. The fraction of sp³-hybridized carbons (Fsp3) is 0.143. The molecule has 0 bridgehead atoms. The Kier molecular flexibility index (Phi) is 3.13. The minimum absolute atomic E-state index is 0.155. The molecule has 0 spiro atoms. The van der Waals surface area contributed by atoms with Crippen molar-refractivity contribution in [2.24, 2.45) is 0 Å². The van der Waals surface area contributed by atoms with E-state index in [2.05, 4.69) is 15.9 Å². The molecule has 1 aromatic carbocycles. The van der Waals surface area contributed by atoms with E-state index in [1.807, 2.05) is 0 Å². The molecular formula is C7H4BrF4NO. The van der Waals surface area contributed by atoms with Crippen molar-refractivity contribution in [2.75, 3.05) is 0 Å². The molecule has 0 aromatic heterocycles. The minimum atomic E-state index is -4.68. The average molecular weight is 274 g/mol. The molecule has 0 aliphatic carbocycles. The Bertz CT molecular complexity index is 352. The van der Waals surface area contributed by atoms with Gasteiger partial charge in [-0.2, -0.15) is 13.2 Å². The number of nitrogens with two attached hydrogens (primary N) is 1. The van der Waals surface area contributed by atoms with Gasteiger partial charge in [0.1, 0.15) is 11.5 Å². The van der Waals surface area contributed by atoms with E-state index in [9.17, 15) is 22.8 Å². The first-order valence-corrected chi connectivity index (χ1v) is 4.17. The fourth-order valence-corrected chi connectivity index (χ4v) is 1.45. The molecule has 2 N–H and O–H groups in total. The van der Waals surface area contributed by atoms with E-state index in [1.54, 1.807) is 0 Å². The van der Waals surface area contributed by atoms with Crippen LogP contribution in [0.15, 0.2) is 16.6 Å². The summed E-state index contributed by atoms with van der Waals surface area (Å²) in [5.41, 5.74) is -1.40. The summed E-state index contributed by atoms with van der Waals surface area (Å²) >= 11 is 2.59. The van der Waals surface area contributed by atoms with Crippen LogP contribution in [0.4, 0.5) is 23.2 Å². The Morgan fingerprint density at radius 2 is 1.86 bits per heavy atom. The van der Waals surface area contributed by atoms with Crippen LogP contribution in [0, 0.1) is 11.0 Å². The van der Waals surface area contributed by atoms with Gasteiger partial charge in [0.05, 0.1) is 10.0 Å². The second-order valence-corrected chi connectivity index (χ2v) is 3.27. The second kappa shape index (κ2) is 3.84. The highest BCUT2D eigenvalue weighted by Crippen LogP contribution is 2.37. The van der Waals surface area contributed by atoms with Crippen LogP contribution >= 0.6 is 15.9 Å². The molecule has 0 fully saturated rings. The van der Waals surface area contributed by atoms with Gasteiger partial charge in [0.25, 0.3) is 0 Å². The molecule has 0 amide bonds. The van der Waals surface area contributed by atoms with Gasteiger partial charge in [-0.25, -0.2) is 4.39 Å². The third-order valence-corrected chi connectivity index (χ3v) is 2.38. The van der Waals surface area contributed by atoms with Gasteiger partial charge in [0, 0.05) is 6.07 Å². The second-order valence-electron chi connectivity index (χ2n) is 2.47. The highest BCUT2D eigenvalue weighted by Gasteiger charge is 2.35. The zero-order valence-electron chi connectivity index (χ0n) is 6.53. The van der Waals surface area contributed by atoms with Crippen LogP contribution in [0.2, 0.25) is 0 Å². The standard InChI is InChI=1S/C7H4BrF4NO/c8-6-4(7(10,11)12)1-3(9)2-5(6)13-14/h1-2H,13H2. The summed E-state index contributed by atoms with van der Waals surface area (Å²) < 4.78 is 48.9. The number of rotatable bonds is 1. The molecule has 7 heteroatoms. The maximum Gasteiger partial charge on any atom is 0.417 e. The molecule has 0 aliphatic heterocycles.